The molecule has 94 valence electrons. The zero-order valence-corrected chi connectivity index (χ0v) is 10.7. The van der Waals surface area contributed by atoms with Crippen molar-refractivity contribution >= 4 is 17.0 Å². The van der Waals surface area contributed by atoms with E-state index < -0.39 is 0 Å². The molecule has 5 nitrogen and oxygen atoms in total. The molecule has 1 aromatic heterocycles. The van der Waals surface area contributed by atoms with E-state index in [1.807, 2.05) is 13.1 Å². The second kappa shape index (κ2) is 4.33. The molecule has 0 saturated carbocycles. The molecule has 0 bridgehead atoms. The van der Waals surface area contributed by atoms with E-state index >= 15 is 0 Å². The minimum absolute atomic E-state index is 0.677. The summed E-state index contributed by atoms with van der Waals surface area (Å²) in [4.78, 5) is 14.4. The predicted molar refractivity (Wildman–Crippen MR) is 72.6 cm³/mol. The van der Waals surface area contributed by atoms with E-state index in [4.69, 9.17) is 0 Å². The number of H-pyrrole nitrogens is 1. The van der Waals surface area contributed by atoms with Gasteiger partial charge in [0, 0.05) is 13.6 Å². The van der Waals surface area contributed by atoms with E-state index in [9.17, 15) is 0 Å². The molecule has 1 aliphatic heterocycles. The predicted octanol–water partition coefficient (Wildman–Crippen LogP) is 1.26. The number of imidazole rings is 1. The normalized spacial score (nSPS) is 15.2. The number of fused-ring (bicyclic) bond motifs is 1. The molecular formula is C13H17N5. The van der Waals surface area contributed by atoms with E-state index in [2.05, 4.69) is 44.2 Å². The van der Waals surface area contributed by atoms with Crippen molar-refractivity contribution in [3.63, 3.8) is 0 Å². The van der Waals surface area contributed by atoms with Crippen LogP contribution in [0.3, 0.4) is 0 Å². The first kappa shape index (κ1) is 11.1. The highest BCUT2D eigenvalue weighted by Crippen LogP contribution is 2.13. The molecule has 0 saturated heterocycles. The fourth-order valence-electron chi connectivity index (χ4n) is 2.15. The van der Waals surface area contributed by atoms with Crippen molar-refractivity contribution in [2.75, 3.05) is 20.1 Å². The van der Waals surface area contributed by atoms with E-state index in [1.54, 1.807) is 0 Å². The summed E-state index contributed by atoms with van der Waals surface area (Å²) in [7, 11) is 2.04. The van der Waals surface area contributed by atoms with E-state index in [-0.39, 0.29) is 0 Å². The largest absolute Gasteiger partial charge is 0.349 e. The number of likely N-dealkylation sites (N-methyl/N-ethyl adjacent to an activating group) is 1. The number of aliphatic imine (C=N–C) groups is 1. The molecule has 1 aliphatic rings. The van der Waals surface area contributed by atoms with Crippen LogP contribution in [0.5, 0.6) is 0 Å². The van der Waals surface area contributed by atoms with Gasteiger partial charge in [0.05, 0.1) is 24.1 Å². The summed E-state index contributed by atoms with van der Waals surface area (Å²) in [5, 5.41) is 3.31. The number of benzene rings is 1. The van der Waals surface area contributed by atoms with Gasteiger partial charge in [-0.15, -0.1) is 0 Å². The Balaban J connectivity index is 1.75. The van der Waals surface area contributed by atoms with Crippen molar-refractivity contribution < 1.29 is 0 Å². The summed E-state index contributed by atoms with van der Waals surface area (Å²) in [5.74, 6) is 1.89. The first-order valence-electron chi connectivity index (χ1n) is 6.17. The second-order valence-electron chi connectivity index (χ2n) is 4.68. The van der Waals surface area contributed by atoms with Gasteiger partial charge >= 0.3 is 0 Å². The minimum atomic E-state index is 0.677. The molecule has 1 aromatic carbocycles. The number of aromatic amines is 1. The summed E-state index contributed by atoms with van der Waals surface area (Å²) >= 11 is 0. The Hall–Kier alpha value is -2.04. The van der Waals surface area contributed by atoms with E-state index in [1.165, 1.54) is 5.56 Å². The number of hydrogen-bond donors (Lipinski definition) is 2. The lowest BCUT2D eigenvalue weighted by atomic mass is 10.2. The van der Waals surface area contributed by atoms with Crippen LogP contribution in [0.15, 0.2) is 23.2 Å². The van der Waals surface area contributed by atoms with E-state index in [0.717, 1.165) is 35.9 Å². The van der Waals surface area contributed by atoms with Crippen LogP contribution >= 0.6 is 0 Å². The molecule has 0 fully saturated rings. The average molecular weight is 243 g/mol. The van der Waals surface area contributed by atoms with Gasteiger partial charge in [0.1, 0.15) is 5.82 Å². The Labute approximate surface area is 106 Å². The molecule has 0 spiro atoms. The number of guanidine groups is 1. The lowest BCUT2D eigenvalue weighted by molar-refractivity contribution is 0.532. The second-order valence-corrected chi connectivity index (χ2v) is 4.68. The number of aryl methyl sites for hydroxylation is 1. The Morgan fingerprint density at radius 2 is 2.33 bits per heavy atom. The van der Waals surface area contributed by atoms with Gasteiger partial charge in [0.2, 0.25) is 0 Å². The molecular weight excluding hydrogens is 226 g/mol. The number of nitrogens with zero attached hydrogens (tertiary/aromatic N) is 3. The Morgan fingerprint density at radius 1 is 1.44 bits per heavy atom. The number of rotatable bonds is 2. The maximum atomic E-state index is 4.55. The molecule has 0 aliphatic carbocycles. The summed E-state index contributed by atoms with van der Waals surface area (Å²) in [6.45, 7) is 4.62. The lowest BCUT2D eigenvalue weighted by Crippen LogP contribution is -2.35. The summed E-state index contributed by atoms with van der Waals surface area (Å²) in [6, 6.07) is 6.24. The van der Waals surface area contributed by atoms with Gasteiger partial charge in [-0.3, -0.25) is 4.99 Å². The van der Waals surface area contributed by atoms with Gasteiger partial charge in [0.15, 0.2) is 5.96 Å². The zero-order chi connectivity index (χ0) is 12.5. The van der Waals surface area contributed by atoms with Crippen LogP contribution in [0, 0.1) is 6.92 Å². The van der Waals surface area contributed by atoms with Crippen LogP contribution in [0.2, 0.25) is 0 Å². The molecule has 2 aromatic rings. The number of nitrogens with one attached hydrogen (secondary N) is 2. The van der Waals surface area contributed by atoms with Crippen molar-refractivity contribution in [1.82, 2.24) is 20.2 Å². The fourth-order valence-corrected chi connectivity index (χ4v) is 2.15. The van der Waals surface area contributed by atoms with Crippen molar-refractivity contribution in [2.45, 2.75) is 13.5 Å². The molecule has 0 amide bonds. The topological polar surface area (TPSA) is 56.3 Å². The maximum absolute atomic E-state index is 4.55. The van der Waals surface area contributed by atoms with Crippen LogP contribution < -0.4 is 5.32 Å². The summed E-state index contributed by atoms with van der Waals surface area (Å²) < 4.78 is 0. The van der Waals surface area contributed by atoms with Gasteiger partial charge in [-0.25, -0.2) is 4.98 Å². The molecule has 5 heteroatoms. The number of hydrogen-bond acceptors (Lipinski definition) is 4. The third-order valence-electron chi connectivity index (χ3n) is 3.16. The van der Waals surface area contributed by atoms with Crippen LogP contribution in [-0.2, 0) is 6.54 Å². The molecule has 3 rings (SSSR count). The molecule has 0 atom stereocenters. The smallest absolute Gasteiger partial charge is 0.194 e. The quantitative estimate of drug-likeness (QED) is 0.835. The average Bonchev–Trinajstić information content (AvgIpc) is 2.92. The van der Waals surface area contributed by atoms with Gasteiger partial charge < -0.3 is 15.2 Å². The highest BCUT2D eigenvalue weighted by Gasteiger charge is 2.12. The minimum Gasteiger partial charge on any atom is -0.349 e. The third-order valence-corrected chi connectivity index (χ3v) is 3.16. The van der Waals surface area contributed by atoms with Crippen molar-refractivity contribution in [3.8, 4) is 0 Å². The highest BCUT2D eigenvalue weighted by molar-refractivity contribution is 5.81. The Morgan fingerprint density at radius 3 is 3.11 bits per heavy atom. The Kier molecular flexibility index (Phi) is 2.66. The lowest BCUT2D eigenvalue weighted by Gasteiger charge is -2.14. The van der Waals surface area contributed by atoms with Gasteiger partial charge in [0.25, 0.3) is 0 Å². The van der Waals surface area contributed by atoms with E-state index in [0.29, 0.717) is 6.54 Å². The van der Waals surface area contributed by atoms with Crippen LogP contribution in [0.4, 0.5) is 0 Å². The summed E-state index contributed by atoms with van der Waals surface area (Å²) in [5.41, 5.74) is 3.35. The van der Waals surface area contributed by atoms with Gasteiger partial charge in [-0.2, -0.15) is 0 Å². The van der Waals surface area contributed by atoms with Crippen LogP contribution in [0.25, 0.3) is 11.0 Å². The van der Waals surface area contributed by atoms with Crippen LogP contribution in [0.1, 0.15) is 11.4 Å². The monoisotopic (exact) mass is 243 g/mol. The SMILES string of the molecule is Cc1ccc2nc(CNC3=NCCN3C)[nH]c2c1. The van der Waals surface area contributed by atoms with Crippen molar-refractivity contribution in [1.29, 1.82) is 0 Å². The molecule has 2 heterocycles. The fraction of sp³-hybridized carbons (Fsp3) is 0.385. The first-order valence-corrected chi connectivity index (χ1v) is 6.17. The third kappa shape index (κ3) is 2.03. The summed E-state index contributed by atoms with van der Waals surface area (Å²) in [6.07, 6.45) is 0. The van der Waals surface area contributed by atoms with Crippen molar-refractivity contribution in [2.24, 2.45) is 4.99 Å². The van der Waals surface area contributed by atoms with Gasteiger partial charge in [-0.05, 0) is 24.6 Å². The van der Waals surface area contributed by atoms with Crippen LogP contribution in [-0.4, -0.2) is 41.0 Å². The van der Waals surface area contributed by atoms with Gasteiger partial charge in [-0.1, -0.05) is 6.07 Å². The zero-order valence-electron chi connectivity index (χ0n) is 10.7. The van der Waals surface area contributed by atoms with Crippen molar-refractivity contribution in [3.05, 3.63) is 29.6 Å². The molecule has 18 heavy (non-hydrogen) atoms. The molecule has 2 N–H and O–H groups in total. The number of aromatic nitrogens is 2. The Bertz CT molecular complexity index is 598. The molecule has 0 unspecified atom stereocenters. The highest BCUT2D eigenvalue weighted by atomic mass is 15.3. The first-order chi connectivity index (χ1) is 8.72. The standard InChI is InChI=1S/C13H17N5/c1-9-3-4-10-11(7-9)17-12(16-10)8-15-13-14-5-6-18(13)2/h3-4,7H,5-6,8H2,1-2H3,(H,14,15)(H,16,17). The maximum Gasteiger partial charge on any atom is 0.194 e. The molecule has 0 radical (unpaired) electrons.